The van der Waals surface area contributed by atoms with E-state index in [1.54, 1.807) is 18.7 Å². The molecule has 2 aromatic heterocycles. The van der Waals surface area contributed by atoms with Crippen molar-refractivity contribution >= 4 is 26.8 Å². The Bertz CT molecular complexity index is 668. The summed E-state index contributed by atoms with van der Waals surface area (Å²) < 4.78 is 1.02. The van der Waals surface area contributed by atoms with Crippen molar-refractivity contribution in [2.45, 2.75) is 0 Å². The van der Waals surface area contributed by atoms with Crippen LogP contribution < -0.4 is 0 Å². The highest BCUT2D eigenvalue weighted by atomic mass is 79.9. The molecule has 82 valence electrons. The standard InChI is InChI=1S/C13H8BrN3/c14-10-1-2-11-12(7-10)16-8-17-13(11)9-3-5-15-6-4-9/h1-8H. The minimum absolute atomic E-state index is 0.932. The molecule has 0 saturated heterocycles. The van der Waals surface area contributed by atoms with Gasteiger partial charge in [0.2, 0.25) is 0 Å². The lowest BCUT2D eigenvalue weighted by Gasteiger charge is -2.04. The van der Waals surface area contributed by atoms with Crippen molar-refractivity contribution < 1.29 is 0 Å². The molecule has 0 aliphatic heterocycles. The zero-order valence-electron chi connectivity index (χ0n) is 8.84. The van der Waals surface area contributed by atoms with Gasteiger partial charge < -0.3 is 0 Å². The van der Waals surface area contributed by atoms with Crippen molar-refractivity contribution in [1.82, 2.24) is 15.0 Å². The van der Waals surface area contributed by atoms with E-state index < -0.39 is 0 Å². The number of benzene rings is 1. The van der Waals surface area contributed by atoms with Gasteiger partial charge in [0.15, 0.2) is 0 Å². The van der Waals surface area contributed by atoms with E-state index in [4.69, 9.17) is 0 Å². The average Bonchev–Trinajstić information content (AvgIpc) is 2.39. The first-order valence-electron chi connectivity index (χ1n) is 5.15. The van der Waals surface area contributed by atoms with E-state index in [0.717, 1.165) is 26.6 Å². The molecule has 0 amide bonds. The molecule has 0 saturated carbocycles. The van der Waals surface area contributed by atoms with Gasteiger partial charge in [-0.15, -0.1) is 0 Å². The Hall–Kier alpha value is -1.81. The van der Waals surface area contributed by atoms with Gasteiger partial charge >= 0.3 is 0 Å². The largest absolute Gasteiger partial charge is 0.265 e. The van der Waals surface area contributed by atoms with Crippen LogP contribution in [0.15, 0.2) is 53.5 Å². The monoisotopic (exact) mass is 285 g/mol. The molecule has 0 aliphatic carbocycles. The number of pyridine rings is 1. The second kappa shape index (κ2) is 4.22. The van der Waals surface area contributed by atoms with Crippen molar-refractivity contribution in [3.63, 3.8) is 0 Å². The quantitative estimate of drug-likeness (QED) is 0.687. The van der Waals surface area contributed by atoms with Crippen LogP contribution in [0.1, 0.15) is 0 Å². The molecular formula is C13H8BrN3. The van der Waals surface area contributed by atoms with Crippen LogP contribution in [0.4, 0.5) is 0 Å². The van der Waals surface area contributed by atoms with E-state index in [1.165, 1.54) is 0 Å². The first-order chi connectivity index (χ1) is 8.34. The number of fused-ring (bicyclic) bond motifs is 1. The molecule has 0 unspecified atom stereocenters. The highest BCUT2D eigenvalue weighted by molar-refractivity contribution is 9.10. The predicted molar refractivity (Wildman–Crippen MR) is 70.5 cm³/mol. The molecule has 0 atom stereocenters. The molecule has 3 aromatic rings. The molecule has 0 radical (unpaired) electrons. The van der Waals surface area contributed by atoms with E-state index >= 15 is 0 Å². The second-order valence-corrected chi connectivity index (χ2v) is 4.54. The SMILES string of the molecule is Brc1ccc2c(-c3ccncc3)ncnc2c1. The van der Waals surface area contributed by atoms with Crippen molar-refractivity contribution in [2.75, 3.05) is 0 Å². The summed E-state index contributed by atoms with van der Waals surface area (Å²) in [6.07, 6.45) is 5.12. The Balaban J connectivity index is 2.31. The number of aromatic nitrogens is 3. The smallest absolute Gasteiger partial charge is 0.116 e. The fourth-order valence-corrected chi connectivity index (χ4v) is 2.12. The molecule has 3 rings (SSSR count). The second-order valence-electron chi connectivity index (χ2n) is 3.62. The highest BCUT2D eigenvalue weighted by Crippen LogP contribution is 2.26. The normalized spacial score (nSPS) is 10.6. The zero-order valence-corrected chi connectivity index (χ0v) is 10.4. The van der Waals surface area contributed by atoms with Crippen LogP contribution in [0, 0.1) is 0 Å². The van der Waals surface area contributed by atoms with Crippen LogP contribution >= 0.6 is 15.9 Å². The number of halogens is 1. The van der Waals surface area contributed by atoms with Crippen molar-refractivity contribution in [1.29, 1.82) is 0 Å². The minimum Gasteiger partial charge on any atom is -0.265 e. The minimum atomic E-state index is 0.932. The van der Waals surface area contributed by atoms with Crippen molar-refractivity contribution in [3.8, 4) is 11.3 Å². The van der Waals surface area contributed by atoms with Crippen molar-refractivity contribution in [2.24, 2.45) is 0 Å². The molecule has 0 fully saturated rings. The lowest BCUT2D eigenvalue weighted by Crippen LogP contribution is -1.89. The molecule has 0 aliphatic rings. The molecule has 0 spiro atoms. The summed E-state index contributed by atoms with van der Waals surface area (Å²) in [7, 11) is 0. The molecule has 4 heteroatoms. The lowest BCUT2D eigenvalue weighted by molar-refractivity contribution is 1.22. The van der Waals surface area contributed by atoms with E-state index in [0.29, 0.717) is 0 Å². The molecule has 17 heavy (non-hydrogen) atoms. The van der Waals surface area contributed by atoms with Gasteiger partial charge in [-0.3, -0.25) is 4.98 Å². The third-order valence-corrected chi connectivity index (χ3v) is 3.05. The average molecular weight is 286 g/mol. The third kappa shape index (κ3) is 1.91. The highest BCUT2D eigenvalue weighted by Gasteiger charge is 2.05. The van der Waals surface area contributed by atoms with Gasteiger partial charge in [0.05, 0.1) is 11.2 Å². The van der Waals surface area contributed by atoms with Gasteiger partial charge in [-0.1, -0.05) is 15.9 Å². The van der Waals surface area contributed by atoms with Crippen LogP contribution in [0.5, 0.6) is 0 Å². The summed E-state index contributed by atoms with van der Waals surface area (Å²) in [4.78, 5) is 12.6. The first-order valence-corrected chi connectivity index (χ1v) is 5.94. The van der Waals surface area contributed by atoms with Gasteiger partial charge in [-0.25, -0.2) is 9.97 Å². The van der Waals surface area contributed by atoms with Crippen molar-refractivity contribution in [3.05, 3.63) is 53.5 Å². The molecule has 0 N–H and O–H groups in total. The Kier molecular flexibility index (Phi) is 2.57. The van der Waals surface area contributed by atoms with E-state index in [1.807, 2.05) is 30.3 Å². The van der Waals surface area contributed by atoms with E-state index in [9.17, 15) is 0 Å². The Morgan fingerprint density at radius 3 is 2.59 bits per heavy atom. The van der Waals surface area contributed by atoms with E-state index in [2.05, 4.69) is 30.9 Å². The maximum Gasteiger partial charge on any atom is 0.116 e. The molecule has 2 heterocycles. The molecule has 1 aromatic carbocycles. The summed E-state index contributed by atoms with van der Waals surface area (Å²) in [6, 6.07) is 9.90. The van der Waals surface area contributed by atoms with Crippen LogP contribution in [0.25, 0.3) is 22.2 Å². The van der Waals surface area contributed by atoms with Gasteiger partial charge in [-0.2, -0.15) is 0 Å². The molecule has 0 bridgehead atoms. The Labute approximate surface area is 107 Å². The topological polar surface area (TPSA) is 38.7 Å². The fraction of sp³-hybridized carbons (Fsp3) is 0. The van der Waals surface area contributed by atoms with E-state index in [-0.39, 0.29) is 0 Å². The Morgan fingerprint density at radius 1 is 0.941 bits per heavy atom. The zero-order chi connectivity index (χ0) is 11.7. The van der Waals surface area contributed by atoms with Crippen LogP contribution in [-0.4, -0.2) is 15.0 Å². The van der Waals surface area contributed by atoms with Crippen LogP contribution in [-0.2, 0) is 0 Å². The number of rotatable bonds is 1. The van der Waals surface area contributed by atoms with Gasteiger partial charge in [-0.05, 0) is 30.3 Å². The molecular weight excluding hydrogens is 278 g/mol. The van der Waals surface area contributed by atoms with Crippen LogP contribution in [0.3, 0.4) is 0 Å². The summed E-state index contributed by atoms with van der Waals surface area (Å²) in [5.74, 6) is 0. The summed E-state index contributed by atoms with van der Waals surface area (Å²) >= 11 is 3.44. The third-order valence-electron chi connectivity index (χ3n) is 2.55. The van der Waals surface area contributed by atoms with Gasteiger partial charge in [0, 0.05) is 27.8 Å². The first kappa shape index (κ1) is 10.4. The molecule has 3 nitrogen and oxygen atoms in total. The number of hydrogen-bond acceptors (Lipinski definition) is 3. The summed E-state index contributed by atoms with van der Waals surface area (Å²) in [5.41, 5.74) is 2.92. The number of hydrogen-bond donors (Lipinski definition) is 0. The Morgan fingerprint density at radius 2 is 1.76 bits per heavy atom. The summed E-state index contributed by atoms with van der Waals surface area (Å²) in [6.45, 7) is 0. The number of nitrogens with zero attached hydrogens (tertiary/aromatic N) is 3. The summed E-state index contributed by atoms with van der Waals surface area (Å²) in [5, 5.41) is 1.04. The maximum absolute atomic E-state index is 4.35. The fourth-order valence-electron chi connectivity index (χ4n) is 1.77. The van der Waals surface area contributed by atoms with Crippen LogP contribution in [0.2, 0.25) is 0 Å². The predicted octanol–water partition coefficient (Wildman–Crippen LogP) is 3.45. The maximum atomic E-state index is 4.35. The van der Waals surface area contributed by atoms with Gasteiger partial charge in [0.1, 0.15) is 6.33 Å². The lowest BCUT2D eigenvalue weighted by atomic mass is 10.1. The van der Waals surface area contributed by atoms with Gasteiger partial charge in [0.25, 0.3) is 0 Å².